The number of carbonyl (C=O) groups is 3. The Kier molecular flexibility index (Phi) is 4.93. The molecule has 1 aromatic rings. The average molecular weight is 332 g/mol. The van der Waals surface area contributed by atoms with Gasteiger partial charge in [0.1, 0.15) is 6.61 Å². The Morgan fingerprint density at radius 3 is 2.92 bits per heavy atom. The van der Waals surface area contributed by atoms with Gasteiger partial charge in [-0.05, 0) is 12.1 Å². The van der Waals surface area contributed by atoms with Crippen molar-refractivity contribution in [2.75, 3.05) is 32.8 Å². The fourth-order valence-electron chi connectivity index (χ4n) is 2.88. The lowest BCUT2D eigenvalue weighted by atomic mass is 10.1. The minimum Gasteiger partial charge on any atom is -0.448 e. The van der Waals surface area contributed by atoms with Gasteiger partial charge in [-0.25, -0.2) is 4.79 Å². The number of pyridine rings is 1. The summed E-state index contributed by atoms with van der Waals surface area (Å²) >= 11 is 0. The summed E-state index contributed by atoms with van der Waals surface area (Å²) in [5.41, 5.74) is 0.805. The molecule has 3 rings (SSSR count). The van der Waals surface area contributed by atoms with Crippen LogP contribution in [0.15, 0.2) is 24.4 Å². The number of hydrogen-bond acceptors (Lipinski definition) is 5. The summed E-state index contributed by atoms with van der Waals surface area (Å²) < 4.78 is 4.82. The number of nitrogens with one attached hydrogen (secondary N) is 1. The van der Waals surface area contributed by atoms with Crippen molar-refractivity contribution in [2.24, 2.45) is 5.92 Å². The van der Waals surface area contributed by atoms with Crippen LogP contribution in [0.5, 0.6) is 0 Å². The second kappa shape index (κ2) is 7.29. The van der Waals surface area contributed by atoms with Gasteiger partial charge in [0.2, 0.25) is 11.8 Å². The second-order valence-electron chi connectivity index (χ2n) is 5.89. The van der Waals surface area contributed by atoms with E-state index in [0.717, 1.165) is 5.69 Å². The van der Waals surface area contributed by atoms with Crippen LogP contribution < -0.4 is 5.32 Å². The SMILES string of the molecule is O=C(NCCN1CCOC1=O)C1CC(=O)N(Cc2ccccn2)C1. The summed E-state index contributed by atoms with van der Waals surface area (Å²) in [6.07, 6.45) is 1.55. The zero-order valence-electron chi connectivity index (χ0n) is 13.3. The fourth-order valence-corrected chi connectivity index (χ4v) is 2.88. The lowest BCUT2D eigenvalue weighted by molar-refractivity contribution is -0.129. The van der Waals surface area contributed by atoms with E-state index in [0.29, 0.717) is 39.3 Å². The van der Waals surface area contributed by atoms with Crippen LogP contribution in [0.3, 0.4) is 0 Å². The number of cyclic esters (lactones) is 1. The quantitative estimate of drug-likeness (QED) is 0.792. The molecule has 3 heterocycles. The molecule has 1 unspecified atom stereocenters. The van der Waals surface area contributed by atoms with Gasteiger partial charge in [-0.3, -0.25) is 14.6 Å². The van der Waals surface area contributed by atoms with Crippen LogP contribution in [-0.2, 0) is 20.9 Å². The van der Waals surface area contributed by atoms with E-state index < -0.39 is 0 Å². The van der Waals surface area contributed by atoms with Crippen LogP contribution in [0.25, 0.3) is 0 Å². The van der Waals surface area contributed by atoms with Gasteiger partial charge >= 0.3 is 6.09 Å². The number of rotatable bonds is 6. The largest absolute Gasteiger partial charge is 0.448 e. The summed E-state index contributed by atoms with van der Waals surface area (Å²) in [6.45, 7) is 2.54. The minimum atomic E-state index is -0.355. The number of aromatic nitrogens is 1. The Morgan fingerprint density at radius 2 is 2.21 bits per heavy atom. The number of amides is 3. The van der Waals surface area contributed by atoms with E-state index in [1.807, 2.05) is 18.2 Å². The number of ether oxygens (including phenoxy) is 1. The van der Waals surface area contributed by atoms with Crippen LogP contribution in [0.2, 0.25) is 0 Å². The van der Waals surface area contributed by atoms with Gasteiger partial charge in [-0.2, -0.15) is 0 Å². The molecule has 128 valence electrons. The van der Waals surface area contributed by atoms with Crippen molar-refractivity contribution in [3.8, 4) is 0 Å². The van der Waals surface area contributed by atoms with Crippen molar-refractivity contribution in [1.29, 1.82) is 0 Å². The van der Waals surface area contributed by atoms with E-state index in [4.69, 9.17) is 4.74 Å². The summed E-state index contributed by atoms with van der Waals surface area (Å²) in [5, 5.41) is 2.79. The minimum absolute atomic E-state index is 0.0380. The molecule has 0 aliphatic carbocycles. The average Bonchev–Trinajstić information content (AvgIpc) is 3.15. The highest BCUT2D eigenvalue weighted by molar-refractivity contribution is 5.89. The molecule has 3 amide bonds. The molecule has 0 aromatic carbocycles. The van der Waals surface area contributed by atoms with Crippen LogP contribution in [-0.4, -0.2) is 65.5 Å². The first kappa shape index (κ1) is 16.2. The normalized spacial score (nSPS) is 20.4. The van der Waals surface area contributed by atoms with Crippen LogP contribution in [0.4, 0.5) is 4.79 Å². The Bertz CT molecular complexity index is 622. The molecule has 8 nitrogen and oxygen atoms in total. The molecule has 8 heteroatoms. The van der Waals surface area contributed by atoms with Crippen molar-refractivity contribution in [3.63, 3.8) is 0 Å². The molecule has 1 atom stereocenters. The van der Waals surface area contributed by atoms with Crippen molar-refractivity contribution >= 4 is 17.9 Å². The Balaban J connectivity index is 1.44. The number of nitrogens with zero attached hydrogens (tertiary/aromatic N) is 3. The summed E-state index contributed by atoms with van der Waals surface area (Å²) in [4.78, 5) is 43.0. The van der Waals surface area contributed by atoms with Gasteiger partial charge in [-0.1, -0.05) is 6.07 Å². The van der Waals surface area contributed by atoms with Gasteiger partial charge in [-0.15, -0.1) is 0 Å². The number of likely N-dealkylation sites (tertiary alicyclic amines) is 1. The fraction of sp³-hybridized carbons (Fsp3) is 0.500. The second-order valence-corrected chi connectivity index (χ2v) is 5.89. The summed E-state index contributed by atoms with van der Waals surface area (Å²) in [5.74, 6) is -0.546. The Morgan fingerprint density at radius 1 is 1.33 bits per heavy atom. The molecule has 2 fully saturated rings. The Hall–Kier alpha value is -2.64. The maximum Gasteiger partial charge on any atom is 0.409 e. The van der Waals surface area contributed by atoms with Gasteiger partial charge in [0, 0.05) is 32.3 Å². The monoisotopic (exact) mass is 332 g/mol. The van der Waals surface area contributed by atoms with Gasteiger partial charge < -0.3 is 19.9 Å². The lowest BCUT2D eigenvalue weighted by Gasteiger charge is -2.17. The topological polar surface area (TPSA) is 91.8 Å². The van der Waals surface area contributed by atoms with E-state index in [9.17, 15) is 14.4 Å². The third-order valence-corrected chi connectivity index (χ3v) is 4.19. The highest BCUT2D eigenvalue weighted by Gasteiger charge is 2.34. The third-order valence-electron chi connectivity index (χ3n) is 4.19. The standard InChI is InChI=1S/C16H20N4O4/c21-14-9-12(10-20(14)11-13-3-1-2-4-17-13)15(22)18-5-6-19-7-8-24-16(19)23/h1-4,12H,5-11H2,(H,18,22). The van der Waals surface area contributed by atoms with E-state index in [2.05, 4.69) is 10.3 Å². The van der Waals surface area contributed by atoms with Gasteiger partial charge in [0.05, 0.1) is 24.7 Å². The van der Waals surface area contributed by atoms with E-state index in [-0.39, 0.29) is 30.2 Å². The molecular weight excluding hydrogens is 312 g/mol. The first-order valence-electron chi connectivity index (χ1n) is 8.00. The molecule has 2 saturated heterocycles. The summed E-state index contributed by atoms with van der Waals surface area (Å²) in [7, 11) is 0. The molecule has 2 aliphatic heterocycles. The maximum atomic E-state index is 12.2. The highest BCUT2D eigenvalue weighted by atomic mass is 16.6. The Labute approximate surface area is 139 Å². The molecule has 0 spiro atoms. The van der Waals surface area contributed by atoms with Gasteiger partial charge in [0.25, 0.3) is 0 Å². The van der Waals surface area contributed by atoms with Gasteiger partial charge in [0.15, 0.2) is 0 Å². The smallest absolute Gasteiger partial charge is 0.409 e. The van der Waals surface area contributed by atoms with Crippen LogP contribution >= 0.6 is 0 Å². The number of carbonyl (C=O) groups excluding carboxylic acids is 3. The zero-order valence-corrected chi connectivity index (χ0v) is 13.3. The maximum absolute atomic E-state index is 12.2. The first-order chi connectivity index (χ1) is 11.6. The van der Waals surface area contributed by atoms with Crippen molar-refractivity contribution in [3.05, 3.63) is 30.1 Å². The predicted molar refractivity (Wildman–Crippen MR) is 83.7 cm³/mol. The third kappa shape index (κ3) is 3.81. The molecule has 1 aromatic heterocycles. The number of hydrogen-bond donors (Lipinski definition) is 1. The van der Waals surface area contributed by atoms with E-state index in [1.54, 1.807) is 16.0 Å². The highest BCUT2D eigenvalue weighted by Crippen LogP contribution is 2.19. The molecule has 1 N–H and O–H groups in total. The molecule has 0 bridgehead atoms. The lowest BCUT2D eigenvalue weighted by Crippen LogP contribution is -2.38. The molecule has 0 saturated carbocycles. The zero-order chi connectivity index (χ0) is 16.9. The molecule has 24 heavy (non-hydrogen) atoms. The van der Waals surface area contributed by atoms with Crippen LogP contribution in [0.1, 0.15) is 12.1 Å². The summed E-state index contributed by atoms with van der Waals surface area (Å²) in [6, 6.07) is 5.55. The molecule has 2 aliphatic rings. The van der Waals surface area contributed by atoms with Crippen LogP contribution in [0, 0.1) is 5.92 Å². The van der Waals surface area contributed by atoms with E-state index >= 15 is 0 Å². The molecular formula is C16H20N4O4. The van der Waals surface area contributed by atoms with Crippen molar-refractivity contribution < 1.29 is 19.1 Å². The first-order valence-corrected chi connectivity index (χ1v) is 8.00. The van der Waals surface area contributed by atoms with Crippen molar-refractivity contribution in [2.45, 2.75) is 13.0 Å². The molecule has 0 radical (unpaired) electrons. The predicted octanol–water partition coefficient (Wildman–Crippen LogP) is -0.00150. The van der Waals surface area contributed by atoms with E-state index in [1.165, 1.54) is 0 Å². The van der Waals surface area contributed by atoms with Crippen molar-refractivity contribution in [1.82, 2.24) is 20.1 Å².